The number of para-hydroxylation sites is 2. The smallest absolute Gasteiger partial charge is 0.404 e. The van der Waals surface area contributed by atoms with Gasteiger partial charge in [-0.15, -0.1) is 18.3 Å². The molecular weight excluding hydrogens is 379 g/mol. The highest BCUT2D eigenvalue weighted by atomic mass is 19.4. The summed E-state index contributed by atoms with van der Waals surface area (Å²) >= 11 is 0. The molecule has 0 aliphatic carbocycles. The molecule has 2 aromatic heterocycles. The highest BCUT2D eigenvalue weighted by Gasteiger charge is 2.32. The summed E-state index contributed by atoms with van der Waals surface area (Å²) in [6.45, 7) is 1.39. The summed E-state index contributed by atoms with van der Waals surface area (Å²) in [6.07, 6.45) is -1.79. The lowest BCUT2D eigenvalue weighted by atomic mass is 10.2. The van der Waals surface area contributed by atoms with Gasteiger partial charge < -0.3 is 10.1 Å². The fourth-order valence-corrected chi connectivity index (χ4v) is 2.35. The number of rotatable bonds is 5. The molecule has 0 bridgehead atoms. The highest BCUT2D eigenvalue weighted by Crippen LogP contribution is 2.30. The van der Waals surface area contributed by atoms with E-state index in [0.717, 1.165) is 10.7 Å². The van der Waals surface area contributed by atoms with Crippen LogP contribution in [-0.2, 0) is 4.79 Å². The van der Waals surface area contributed by atoms with Gasteiger partial charge in [-0.2, -0.15) is 5.10 Å². The van der Waals surface area contributed by atoms with Crippen LogP contribution in [0.3, 0.4) is 0 Å². The van der Waals surface area contributed by atoms with Gasteiger partial charge in [0.15, 0.2) is 11.6 Å². The van der Waals surface area contributed by atoms with Crippen LogP contribution >= 0.6 is 0 Å². The third-order valence-corrected chi connectivity index (χ3v) is 3.67. The summed E-state index contributed by atoms with van der Waals surface area (Å²) in [5, 5.41) is 10.4. The zero-order valence-corrected chi connectivity index (χ0v) is 14.4. The van der Waals surface area contributed by atoms with E-state index in [1.54, 1.807) is 12.3 Å². The van der Waals surface area contributed by atoms with Crippen LogP contribution in [0.25, 0.3) is 5.82 Å². The largest absolute Gasteiger partial charge is 0.573 e. The van der Waals surface area contributed by atoms with Crippen LogP contribution in [0.15, 0.2) is 59.7 Å². The van der Waals surface area contributed by atoms with Crippen molar-refractivity contribution in [1.82, 2.24) is 19.6 Å². The van der Waals surface area contributed by atoms with E-state index in [9.17, 15) is 22.8 Å². The molecule has 3 rings (SSSR count). The molecule has 1 amide bonds. The van der Waals surface area contributed by atoms with Crippen molar-refractivity contribution >= 4 is 11.6 Å². The van der Waals surface area contributed by atoms with Crippen molar-refractivity contribution in [2.24, 2.45) is 0 Å². The maximum Gasteiger partial charge on any atom is 0.573 e. The zero-order valence-electron chi connectivity index (χ0n) is 14.4. The highest BCUT2D eigenvalue weighted by molar-refractivity contribution is 5.94. The van der Waals surface area contributed by atoms with Crippen molar-refractivity contribution < 1.29 is 22.7 Å². The molecule has 0 unspecified atom stereocenters. The first-order valence-electron chi connectivity index (χ1n) is 8.00. The fraction of sp³-hybridized carbons (Fsp3) is 0.176. The van der Waals surface area contributed by atoms with Gasteiger partial charge in [-0.05, 0) is 31.2 Å². The Labute approximate surface area is 156 Å². The van der Waals surface area contributed by atoms with E-state index >= 15 is 0 Å². The lowest BCUT2D eigenvalue weighted by Crippen LogP contribution is -2.33. The Morgan fingerprint density at radius 1 is 1.18 bits per heavy atom. The molecule has 1 atom stereocenters. The number of nitrogens with one attached hydrogen (secondary N) is 1. The number of amides is 1. The number of alkyl halides is 3. The third kappa shape index (κ3) is 4.37. The van der Waals surface area contributed by atoms with Crippen molar-refractivity contribution in [2.45, 2.75) is 19.3 Å². The predicted molar refractivity (Wildman–Crippen MR) is 92.1 cm³/mol. The molecule has 1 N–H and O–H groups in total. The van der Waals surface area contributed by atoms with E-state index in [1.807, 2.05) is 0 Å². The molecule has 0 spiro atoms. The Bertz CT molecular complexity index is 1030. The summed E-state index contributed by atoms with van der Waals surface area (Å²) in [7, 11) is 0. The van der Waals surface area contributed by atoms with Gasteiger partial charge in [-0.1, -0.05) is 12.1 Å². The number of nitrogens with zero attached hydrogens (tertiary/aromatic N) is 4. The Morgan fingerprint density at radius 2 is 1.93 bits per heavy atom. The molecule has 11 heteroatoms. The molecule has 0 aliphatic heterocycles. The second kappa shape index (κ2) is 7.55. The number of carbonyl (C=O) groups excluding carboxylic acids is 1. The number of hydrogen-bond donors (Lipinski definition) is 1. The SMILES string of the molecule is C[C@@H](C(=O)Nc1ccccc1OC(F)(F)F)n1nc(-n2cccn2)ccc1=O. The Kier molecular flexibility index (Phi) is 5.16. The van der Waals surface area contributed by atoms with Gasteiger partial charge in [0.05, 0.1) is 5.69 Å². The van der Waals surface area contributed by atoms with E-state index in [2.05, 4.69) is 20.3 Å². The van der Waals surface area contributed by atoms with Crippen LogP contribution in [0.2, 0.25) is 0 Å². The number of hydrogen-bond acceptors (Lipinski definition) is 5. The van der Waals surface area contributed by atoms with Gasteiger partial charge in [0.2, 0.25) is 5.91 Å². The van der Waals surface area contributed by atoms with Crippen LogP contribution in [0.1, 0.15) is 13.0 Å². The van der Waals surface area contributed by atoms with Crippen molar-refractivity contribution in [3.8, 4) is 11.6 Å². The van der Waals surface area contributed by atoms with Crippen LogP contribution < -0.4 is 15.6 Å². The molecule has 1 aromatic carbocycles. The Hall–Kier alpha value is -3.63. The second-order valence-corrected chi connectivity index (χ2v) is 5.63. The average molecular weight is 393 g/mol. The van der Waals surface area contributed by atoms with Crippen LogP contribution in [0.5, 0.6) is 5.75 Å². The minimum Gasteiger partial charge on any atom is -0.404 e. The van der Waals surface area contributed by atoms with Crippen molar-refractivity contribution in [2.75, 3.05) is 5.32 Å². The van der Waals surface area contributed by atoms with E-state index in [-0.39, 0.29) is 5.69 Å². The first-order chi connectivity index (χ1) is 13.2. The van der Waals surface area contributed by atoms with Crippen LogP contribution in [0.4, 0.5) is 18.9 Å². The van der Waals surface area contributed by atoms with Gasteiger partial charge in [-0.3, -0.25) is 9.59 Å². The molecule has 0 fully saturated rings. The zero-order chi connectivity index (χ0) is 20.3. The Morgan fingerprint density at radius 3 is 2.61 bits per heavy atom. The van der Waals surface area contributed by atoms with Gasteiger partial charge >= 0.3 is 6.36 Å². The average Bonchev–Trinajstić information content (AvgIpc) is 3.16. The number of benzene rings is 1. The van der Waals surface area contributed by atoms with Crippen molar-refractivity contribution in [3.63, 3.8) is 0 Å². The summed E-state index contributed by atoms with van der Waals surface area (Å²) in [6, 6.07) is 8.29. The summed E-state index contributed by atoms with van der Waals surface area (Å²) < 4.78 is 43.8. The first kappa shape index (κ1) is 19.1. The lowest BCUT2D eigenvalue weighted by Gasteiger charge is -2.17. The molecule has 146 valence electrons. The second-order valence-electron chi connectivity index (χ2n) is 5.63. The monoisotopic (exact) mass is 393 g/mol. The van der Waals surface area contributed by atoms with Crippen molar-refractivity contribution in [1.29, 1.82) is 0 Å². The normalized spacial score (nSPS) is 12.4. The predicted octanol–water partition coefficient (Wildman–Crippen LogP) is 2.53. The third-order valence-electron chi connectivity index (χ3n) is 3.67. The van der Waals surface area contributed by atoms with Crippen LogP contribution in [0, 0.1) is 0 Å². The molecular formula is C17H14F3N5O3. The summed E-state index contributed by atoms with van der Waals surface area (Å²) in [5.41, 5.74) is -0.744. The molecule has 28 heavy (non-hydrogen) atoms. The van der Waals surface area contributed by atoms with E-state index in [0.29, 0.717) is 5.82 Å². The lowest BCUT2D eigenvalue weighted by molar-refractivity contribution is -0.274. The fourth-order valence-electron chi connectivity index (χ4n) is 2.35. The summed E-state index contributed by atoms with van der Waals surface area (Å²) in [5.74, 6) is -1.02. The molecule has 0 saturated carbocycles. The molecule has 0 aliphatic rings. The number of ether oxygens (including phenoxy) is 1. The standard InChI is InChI=1S/C17H14F3N5O3/c1-11(25-15(26)8-7-14(23-25)24-10-4-9-21-24)16(27)22-12-5-2-3-6-13(12)28-17(18,19)20/h2-11H,1H3,(H,22,27)/t11-/m0/s1. The number of anilines is 1. The Balaban J connectivity index is 1.85. The molecule has 2 heterocycles. The quantitative estimate of drug-likeness (QED) is 0.719. The number of carbonyl (C=O) groups is 1. The van der Waals surface area contributed by atoms with Gasteiger partial charge in [0.25, 0.3) is 5.56 Å². The van der Waals surface area contributed by atoms with E-state index in [4.69, 9.17) is 0 Å². The van der Waals surface area contributed by atoms with Gasteiger partial charge in [0, 0.05) is 18.5 Å². The molecule has 3 aromatic rings. The number of aromatic nitrogens is 4. The maximum absolute atomic E-state index is 12.5. The number of halogens is 3. The van der Waals surface area contributed by atoms with Gasteiger partial charge in [0.1, 0.15) is 6.04 Å². The minimum atomic E-state index is -4.91. The van der Waals surface area contributed by atoms with Crippen LogP contribution in [-0.4, -0.2) is 31.8 Å². The van der Waals surface area contributed by atoms with Crippen molar-refractivity contribution in [3.05, 3.63) is 65.2 Å². The van der Waals surface area contributed by atoms with Gasteiger partial charge in [-0.25, -0.2) is 9.36 Å². The van der Waals surface area contributed by atoms with E-state index < -0.39 is 29.6 Å². The van der Waals surface area contributed by atoms with E-state index in [1.165, 1.54) is 48.1 Å². The first-order valence-corrected chi connectivity index (χ1v) is 8.00. The maximum atomic E-state index is 12.5. The molecule has 0 saturated heterocycles. The topological polar surface area (TPSA) is 91.0 Å². The molecule has 0 radical (unpaired) electrons. The minimum absolute atomic E-state index is 0.187. The molecule has 8 nitrogen and oxygen atoms in total. The summed E-state index contributed by atoms with van der Waals surface area (Å²) in [4.78, 5) is 24.6.